The Kier molecular flexibility index (Phi) is 2.85. The molecule has 0 aliphatic rings. The minimum Gasteiger partial charge on any atom is -0.381 e. The molecule has 2 N–H and O–H groups in total. The summed E-state index contributed by atoms with van der Waals surface area (Å²) in [6.45, 7) is 4.63. The van der Waals surface area contributed by atoms with Crippen LogP contribution in [0.3, 0.4) is 0 Å². The van der Waals surface area contributed by atoms with Crippen LogP contribution in [0.1, 0.15) is 24.0 Å². The molecule has 84 valence electrons. The van der Waals surface area contributed by atoms with Gasteiger partial charge in [0.15, 0.2) is 5.82 Å². The number of nitrogens with zero attached hydrogens (tertiary/aromatic N) is 4. The van der Waals surface area contributed by atoms with Crippen molar-refractivity contribution in [3.05, 3.63) is 35.3 Å². The van der Waals surface area contributed by atoms with Crippen LogP contribution in [-0.4, -0.2) is 20.0 Å². The zero-order chi connectivity index (χ0) is 11.5. The number of aryl methyl sites for hydroxylation is 1. The van der Waals surface area contributed by atoms with Crippen LogP contribution < -0.4 is 5.73 Å². The maximum atomic E-state index is 5.72. The molecule has 0 spiro atoms. The maximum Gasteiger partial charge on any atom is 0.169 e. The Bertz CT molecular complexity index is 489. The van der Waals surface area contributed by atoms with Crippen LogP contribution in [-0.2, 0) is 13.0 Å². The van der Waals surface area contributed by atoms with Gasteiger partial charge in [-0.15, -0.1) is 5.10 Å². The molecule has 2 aromatic rings. The van der Waals surface area contributed by atoms with Crippen LogP contribution in [0, 0.1) is 6.92 Å². The largest absolute Gasteiger partial charge is 0.381 e. The topological polar surface area (TPSA) is 69.6 Å². The summed E-state index contributed by atoms with van der Waals surface area (Å²) in [6.07, 6.45) is 0.824. The predicted octanol–water partition coefficient (Wildman–Crippen LogP) is 1.17. The Morgan fingerprint density at radius 3 is 2.88 bits per heavy atom. The molecule has 0 bridgehead atoms. The molecule has 0 aliphatic carbocycles. The van der Waals surface area contributed by atoms with Crippen LogP contribution in [0.15, 0.2) is 18.2 Å². The molecule has 0 aliphatic heterocycles. The summed E-state index contributed by atoms with van der Waals surface area (Å²) >= 11 is 0. The fourth-order valence-corrected chi connectivity index (χ4v) is 1.68. The Morgan fingerprint density at radius 2 is 2.19 bits per heavy atom. The van der Waals surface area contributed by atoms with Crippen molar-refractivity contribution >= 4 is 5.82 Å². The Labute approximate surface area is 94.3 Å². The van der Waals surface area contributed by atoms with Crippen LogP contribution in [0.5, 0.6) is 0 Å². The number of nitrogens with two attached hydrogens (primary N) is 1. The van der Waals surface area contributed by atoms with Crippen molar-refractivity contribution in [2.24, 2.45) is 0 Å². The number of rotatable bonds is 3. The predicted molar refractivity (Wildman–Crippen MR) is 61.9 cm³/mol. The number of hydrogen-bond acceptors (Lipinski definition) is 4. The van der Waals surface area contributed by atoms with Gasteiger partial charge in [-0.1, -0.05) is 18.2 Å². The highest BCUT2D eigenvalue weighted by molar-refractivity contribution is 5.33. The quantitative estimate of drug-likeness (QED) is 0.838. The smallest absolute Gasteiger partial charge is 0.169 e. The van der Waals surface area contributed by atoms with Crippen LogP contribution in [0.25, 0.3) is 0 Å². The van der Waals surface area contributed by atoms with Gasteiger partial charge in [0.1, 0.15) is 0 Å². The Morgan fingerprint density at radius 1 is 1.38 bits per heavy atom. The van der Waals surface area contributed by atoms with Gasteiger partial charge in [-0.2, -0.15) is 0 Å². The van der Waals surface area contributed by atoms with E-state index in [1.54, 1.807) is 4.68 Å². The SMILES string of the molecule is CCc1c(N)nnn1Cc1cccc(C)n1. The summed E-state index contributed by atoms with van der Waals surface area (Å²) in [5, 5.41) is 7.88. The third kappa shape index (κ3) is 2.03. The lowest BCUT2D eigenvalue weighted by molar-refractivity contribution is 0.611. The molecule has 2 rings (SSSR count). The third-order valence-corrected chi connectivity index (χ3v) is 2.46. The minimum absolute atomic E-state index is 0.509. The molecule has 0 saturated carbocycles. The van der Waals surface area contributed by atoms with Crippen molar-refractivity contribution < 1.29 is 0 Å². The van der Waals surface area contributed by atoms with Gasteiger partial charge in [0.2, 0.25) is 0 Å². The molecule has 0 fully saturated rings. The van der Waals surface area contributed by atoms with Gasteiger partial charge in [0, 0.05) is 5.69 Å². The lowest BCUT2D eigenvalue weighted by Gasteiger charge is -2.04. The van der Waals surface area contributed by atoms with E-state index in [0.29, 0.717) is 12.4 Å². The molecule has 2 aromatic heterocycles. The summed E-state index contributed by atoms with van der Waals surface area (Å²) < 4.78 is 1.80. The van der Waals surface area contributed by atoms with E-state index in [-0.39, 0.29) is 0 Å². The average molecular weight is 217 g/mol. The first-order chi connectivity index (χ1) is 7.70. The van der Waals surface area contributed by atoms with Gasteiger partial charge in [-0.3, -0.25) is 4.98 Å². The van der Waals surface area contributed by atoms with E-state index in [1.165, 1.54) is 0 Å². The van der Waals surface area contributed by atoms with E-state index in [1.807, 2.05) is 32.0 Å². The second-order valence-electron chi connectivity index (χ2n) is 3.70. The molecule has 5 heteroatoms. The van der Waals surface area contributed by atoms with Crippen molar-refractivity contribution in [2.75, 3.05) is 5.73 Å². The van der Waals surface area contributed by atoms with Crippen molar-refractivity contribution in [3.8, 4) is 0 Å². The molecular formula is C11H15N5. The van der Waals surface area contributed by atoms with Gasteiger partial charge >= 0.3 is 0 Å². The highest BCUT2D eigenvalue weighted by atomic mass is 15.4. The number of hydrogen-bond donors (Lipinski definition) is 1. The number of anilines is 1. The zero-order valence-corrected chi connectivity index (χ0v) is 9.51. The molecule has 2 heterocycles. The second kappa shape index (κ2) is 4.30. The molecule has 0 atom stereocenters. The Balaban J connectivity index is 2.27. The Hall–Kier alpha value is -1.91. The molecule has 0 saturated heterocycles. The summed E-state index contributed by atoms with van der Waals surface area (Å²) in [4.78, 5) is 4.42. The van der Waals surface area contributed by atoms with Crippen molar-refractivity contribution in [1.82, 2.24) is 20.0 Å². The van der Waals surface area contributed by atoms with Crippen molar-refractivity contribution in [2.45, 2.75) is 26.8 Å². The zero-order valence-electron chi connectivity index (χ0n) is 9.51. The first kappa shape index (κ1) is 10.6. The number of pyridine rings is 1. The first-order valence-electron chi connectivity index (χ1n) is 5.31. The lowest BCUT2D eigenvalue weighted by atomic mass is 10.3. The van der Waals surface area contributed by atoms with Crippen molar-refractivity contribution in [1.29, 1.82) is 0 Å². The van der Waals surface area contributed by atoms with Gasteiger partial charge in [0.25, 0.3) is 0 Å². The highest BCUT2D eigenvalue weighted by Crippen LogP contribution is 2.10. The monoisotopic (exact) mass is 217 g/mol. The third-order valence-electron chi connectivity index (χ3n) is 2.46. The highest BCUT2D eigenvalue weighted by Gasteiger charge is 2.08. The van der Waals surface area contributed by atoms with Gasteiger partial charge in [-0.05, 0) is 25.5 Å². The summed E-state index contributed by atoms with van der Waals surface area (Å²) in [6, 6.07) is 5.94. The molecule has 16 heavy (non-hydrogen) atoms. The maximum absolute atomic E-state index is 5.72. The van der Waals surface area contributed by atoms with E-state index in [0.717, 1.165) is 23.5 Å². The summed E-state index contributed by atoms with van der Waals surface area (Å²) in [7, 11) is 0. The first-order valence-corrected chi connectivity index (χ1v) is 5.31. The van der Waals surface area contributed by atoms with Gasteiger partial charge in [0.05, 0.1) is 17.9 Å². The number of aromatic nitrogens is 4. The van der Waals surface area contributed by atoms with E-state index in [9.17, 15) is 0 Å². The van der Waals surface area contributed by atoms with E-state index in [4.69, 9.17) is 5.73 Å². The molecule has 0 radical (unpaired) electrons. The molecule has 0 unspecified atom stereocenters. The van der Waals surface area contributed by atoms with Crippen molar-refractivity contribution in [3.63, 3.8) is 0 Å². The fraction of sp³-hybridized carbons (Fsp3) is 0.364. The standard InChI is InChI=1S/C11H15N5/c1-3-10-11(12)14-15-16(10)7-9-6-4-5-8(2)13-9/h4-6H,3,7,12H2,1-2H3. The molecular weight excluding hydrogens is 202 g/mol. The lowest BCUT2D eigenvalue weighted by Crippen LogP contribution is -2.08. The van der Waals surface area contributed by atoms with E-state index >= 15 is 0 Å². The van der Waals surface area contributed by atoms with Crippen LogP contribution >= 0.6 is 0 Å². The fourth-order valence-electron chi connectivity index (χ4n) is 1.68. The van der Waals surface area contributed by atoms with E-state index < -0.39 is 0 Å². The molecule has 5 nitrogen and oxygen atoms in total. The van der Waals surface area contributed by atoms with Crippen LogP contribution in [0.4, 0.5) is 5.82 Å². The normalized spacial score (nSPS) is 10.6. The van der Waals surface area contributed by atoms with Gasteiger partial charge < -0.3 is 5.73 Å². The molecule has 0 aromatic carbocycles. The average Bonchev–Trinajstić information content (AvgIpc) is 2.59. The second-order valence-corrected chi connectivity index (χ2v) is 3.70. The van der Waals surface area contributed by atoms with E-state index in [2.05, 4.69) is 15.3 Å². The summed E-state index contributed by atoms with van der Waals surface area (Å²) in [5.41, 5.74) is 8.66. The summed E-state index contributed by atoms with van der Waals surface area (Å²) in [5.74, 6) is 0.509. The number of nitrogen functional groups attached to an aromatic ring is 1. The minimum atomic E-state index is 0.509. The molecule has 0 amide bonds. The van der Waals surface area contributed by atoms with Gasteiger partial charge in [-0.25, -0.2) is 4.68 Å². The van der Waals surface area contributed by atoms with Crippen LogP contribution in [0.2, 0.25) is 0 Å².